The lowest BCUT2D eigenvalue weighted by Gasteiger charge is -2.22. The number of rotatable bonds is 6. The van der Waals surface area contributed by atoms with Gasteiger partial charge in [0.15, 0.2) is 0 Å². The number of hydrogen-bond donors (Lipinski definition) is 3. The van der Waals surface area contributed by atoms with Crippen LogP contribution in [0.15, 0.2) is 42.5 Å². The molecule has 2 aromatic carbocycles. The maximum Gasteiger partial charge on any atom is 0.252 e. The Morgan fingerprint density at radius 1 is 1.04 bits per heavy atom. The number of hydrogen-bond acceptors (Lipinski definition) is 3. The van der Waals surface area contributed by atoms with E-state index in [0.29, 0.717) is 11.3 Å². The molecule has 142 valence electrons. The minimum atomic E-state index is -0.759. The van der Waals surface area contributed by atoms with Crippen molar-refractivity contribution in [2.75, 3.05) is 5.32 Å². The van der Waals surface area contributed by atoms with Gasteiger partial charge in [0, 0.05) is 11.3 Å². The number of carbonyl (C=O) groups is 3. The number of primary amides is 1. The molecular weight excluding hydrogens is 366 g/mol. The van der Waals surface area contributed by atoms with E-state index in [1.54, 1.807) is 18.2 Å². The highest BCUT2D eigenvalue weighted by Crippen LogP contribution is 2.21. The maximum absolute atomic E-state index is 12.7. The highest BCUT2D eigenvalue weighted by atomic mass is 35.5. The number of carbonyl (C=O) groups excluding carboxylic acids is 3. The molecule has 0 aromatic heterocycles. The van der Waals surface area contributed by atoms with Crippen LogP contribution in [0.5, 0.6) is 0 Å². The van der Waals surface area contributed by atoms with Crippen molar-refractivity contribution in [3.8, 4) is 0 Å². The average Bonchev–Trinajstić information content (AvgIpc) is 2.60. The van der Waals surface area contributed by atoms with Gasteiger partial charge in [0.1, 0.15) is 6.04 Å². The first-order valence-electron chi connectivity index (χ1n) is 8.47. The fourth-order valence-electron chi connectivity index (χ4n) is 2.59. The monoisotopic (exact) mass is 387 g/mol. The van der Waals surface area contributed by atoms with Crippen LogP contribution >= 0.6 is 11.6 Å². The first kappa shape index (κ1) is 20.5. The molecule has 0 aliphatic heterocycles. The number of anilines is 1. The van der Waals surface area contributed by atoms with Crippen molar-refractivity contribution in [3.05, 3.63) is 64.2 Å². The van der Waals surface area contributed by atoms with Gasteiger partial charge in [-0.1, -0.05) is 43.6 Å². The molecule has 0 saturated carbocycles. The average molecular weight is 388 g/mol. The minimum absolute atomic E-state index is 0.111. The Morgan fingerprint density at radius 2 is 1.70 bits per heavy atom. The SMILES string of the molecule is Cc1ccccc1C(=O)NC(C(=O)Nc1ccc(Cl)c(C(N)=O)c1)C(C)C. The zero-order valence-electron chi connectivity index (χ0n) is 15.4. The highest BCUT2D eigenvalue weighted by molar-refractivity contribution is 6.34. The fourth-order valence-corrected chi connectivity index (χ4v) is 2.80. The Hall–Kier alpha value is -2.86. The van der Waals surface area contributed by atoms with E-state index in [2.05, 4.69) is 10.6 Å². The van der Waals surface area contributed by atoms with E-state index in [1.807, 2.05) is 32.9 Å². The largest absolute Gasteiger partial charge is 0.366 e. The topological polar surface area (TPSA) is 101 Å². The molecule has 0 bridgehead atoms. The summed E-state index contributed by atoms with van der Waals surface area (Å²) in [6.45, 7) is 5.50. The van der Waals surface area contributed by atoms with Gasteiger partial charge in [-0.15, -0.1) is 0 Å². The Bertz CT molecular complexity index is 881. The predicted molar refractivity (Wildman–Crippen MR) is 106 cm³/mol. The first-order valence-corrected chi connectivity index (χ1v) is 8.85. The number of nitrogens with one attached hydrogen (secondary N) is 2. The van der Waals surface area contributed by atoms with Crippen LogP contribution in [-0.2, 0) is 4.79 Å². The van der Waals surface area contributed by atoms with Crippen molar-refractivity contribution in [2.24, 2.45) is 11.7 Å². The minimum Gasteiger partial charge on any atom is -0.366 e. The molecule has 0 aliphatic carbocycles. The molecule has 2 rings (SSSR count). The summed E-state index contributed by atoms with van der Waals surface area (Å²) in [7, 11) is 0. The van der Waals surface area contributed by atoms with E-state index in [0.717, 1.165) is 5.56 Å². The van der Waals surface area contributed by atoms with E-state index in [4.69, 9.17) is 17.3 Å². The first-order chi connectivity index (χ1) is 12.7. The van der Waals surface area contributed by atoms with Gasteiger partial charge >= 0.3 is 0 Å². The standard InChI is InChI=1S/C20H22ClN3O3/c1-11(2)17(24-19(26)14-7-5-4-6-12(14)3)20(27)23-13-8-9-16(21)15(10-13)18(22)25/h4-11,17H,1-3H3,(H2,22,25)(H,23,27)(H,24,26). The van der Waals surface area contributed by atoms with E-state index in [9.17, 15) is 14.4 Å². The lowest BCUT2D eigenvalue weighted by atomic mass is 10.0. The second-order valence-electron chi connectivity index (χ2n) is 6.56. The lowest BCUT2D eigenvalue weighted by molar-refractivity contribution is -0.118. The van der Waals surface area contributed by atoms with Crippen molar-refractivity contribution in [1.82, 2.24) is 5.32 Å². The van der Waals surface area contributed by atoms with Gasteiger partial charge in [0.05, 0.1) is 10.6 Å². The number of halogens is 1. The van der Waals surface area contributed by atoms with Crippen LogP contribution in [0, 0.1) is 12.8 Å². The quantitative estimate of drug-likeness (QED) is 0.709. The van der Waals surface area contributed by atoms with Crippen molar-refractivity contribution < 1.29 is 14.4 Å². The van der Waals surface area contributed by atoms with E-state index >= 15 is 0 Å². The van der Waals surface area contributed by atoms with Crippen molar-refractivity contribution in [3.63, 3.8) is 0 Å². The Morgan fingerprint density at radius 3 is 2.30 bits per heavy atom. The van der Waals surface area contributed by atoms with Gasteiger partial charge < -0.3 is 16.4 Å². The van der Waals surface area contributed by atoms with Crippen molar-refractivity contribution in [2.45, 2.75) is 26.8 Å². The smallest absolute Gasteiger partial charge is 0.252 e. The normalized spacial score (nSPS) is 11.7. The zero-order chi connectivity index (χ0) is 20.1. The van der Waals surface area contributed by atoms with E-state index in [1.165, 1.54) is 12.1 Å². The molecule has 7 heteroatoms. The number of benzene rings is 2. The van der Waals surface area contributed by atoms with Gasteiger partial charge in [0.25, 0.3) is 5.91 Å². The summed E-state index contributed by atoms with van der Waals surface area (Å²) in [6, 6.07) is 10.8. The third kappa shape index (κ3) is 5.08. The van der Waals surface area contributed by atoms with Crippen LogP contribution in [0.3, 0.4) is 0 Å². The third-order valence-corrected chi connectivity index (χ3v) is 4.45. The fraction of sp³-hybridized carbons (Fsp3) is 0.250. The van der Waals surface area contributed by atoms with Gasteiger partial charge in [0.2, 0.25) is 11.8 Å². The highest BCUT2D eigenvalue weighted by Gasteiger charge is 2.25. The summed E-state index contributed by atoms with van der Waals surface area (Å²) in [5, 5.41) is 5.67. The molecule has 6 nitrogen and oxygen atoms in total. The molecule has 1 atom stereocenters. The van der Waals surface area contributed by atoms with Crippen LogP contribution < -0.4 is 16.4 Å². The second kappa shape index (κ2) is 8.68. The van der Waals surface area contributed by atoms with Crippen molar-refractivity contribution >= 4 is 35.0 Å². The summed E-state index contributed by atoms with van der Waals surface area (Å²) in [6.07, 6.45) is 0. The van der Waals surface area contributed by atoms with Gasteiger partial charge in [-0.2, -0.15) is 0 Å². The summed E-state index contributed by atoms with van der Waals surface area (Å²) >= 11 is 5.92. The number of nitrogens with two attached hydrogens (primary N) is 1. The Kier molecular flexibility index (Phi) is 6.58. The van der Waals surface area contributed by atoms with Gasteiger partial charge in [-0.25, -0.2) is 0 Å². The van der Waals surface area contributed by atoms with Crippen LogP contribution in [0.2, 0.25) is 5.02 Å². The molecule has 0 saturated heterocycles. The lowest BCUT2D eigenvalue weighted by Crippen LogP contribution is -2.47. The molecule has 1 unspecified atom stereocenters. The number of aryl methyl sites for hydroxylation is 1. The van der Waals surface area contributed by atoms with Gasteiger partial charge in [-0.05, 0) is 42.7 Å². The maximum atomic E-state index is 12.7. The second-order valence-corrected chi connectivity index (χ2v) is 6.97. The molecule has 0 heterocycles. The molecule has 27 heavy (non-hydrogen) atoms. The third-order valence-electron chi connectivity index (χ3n) is 4.12. The molecule has 0 fully saturated rings. The molecule has 0 spiro atoms. The number of amides is 3. The molecule has 2 aromatic rings. The Labute approximate surface area is 163 Å². The van der Waals surface area contributed by atoms with Crippen LogP contribution in [0.25, 0.3) is 0 Å². The summed E-state index contributed by atoms with van der Waals surface area (Å²) in [5.74, 6) is -1.56. The molecule has 0 aliphatic rings. The summed E-state index contributed by atoms with van der Waals surface area (Å²) < 4.78 is 0. The molecular formula is C20H22ClN3O3. The van der Waals surface area contributed by atoms with E-state index in [-0.39, 0.29) is 22.4 Å². The predicted octanol–water partition coefficient (Wildman–Crippen LogP) is 3.14. The van der Waals surface area contributed by atoms with Gasteiger partial charge in [-0.3, -0.25) is 14.4 Å². The molecule has 3 amide bonds. The summed E-state index contributed by atoms with van der Waals surface area (Å²) in [4.78, 5) is 36.7. The Balaban J connectivity index is 2.18. The molecule has 4 N–H and O–H groups in total. The zero-order valence-corrected chi connectivity index (χ0v) is 16.1. The summed E-state index contributed by atoms with van der Waals surface area (Å²) in [5.41, 5.74) is 7.09. The molecule has 0 radical (unpaired) electrons. The van der Waals surface area contributed by atoms with Crippen LogP contribution in [0.4, 0.5) is 5.69 Å². The van der Waals surface area contributed by atoms with Crippen LogP contribution in [0.1, 0.15) is 40.1 Å². The van der Waals surface area contributed by atoms with Crippen molar-refractivity contribution in [1.29, 1.82) is 0 Å². The van der Waals surface area contributed by atoms with Crippen LogP contribution in [-0.4, -0.2) is 23.8 Å². The van der Waals surface area contributed by atoms with E-state index < -0.39 is 17.9 Å².